The van der Waals surface area contributed by atoms with Crippen molar-refractivity contribution >= 4 is 12.0 Å². The average molecular weight is 339 g/mol. The van der Waals surface area contributed by atoms with Crippen molar-refractivity contribution in [3.63, 3.8) is 0 Å². The zero-order valence-corrected chi connectivity index (χ0v) is 16.2. The number of aliphatic imine (C=N–C) groups is 1. The van der Waals surface area contributed by atoms with E-state index in [9.17, 15) is 0 Å². The van der Waals surface area contributed by atoms with E-state index in [-0.39, 0.29) is 6.10 Å². The van der Waals surface area contributed by atoms with Crippen molar-refractivity contribution in [1.82, 2.24) is 9.88 Å². The lowest BCUT2D eigenvalue weighted by molar-refractivity contribution is 0.213. The second-order valence-corrected chi connectivity index (χ2v) is 6.70. The molecule has 1 aromatic heterocycles. The van der Waals surface area contributed by atoms with E-state index in [0.717, 1.165) is 24.3 Å². The second kappa shape index (κ2) is 8.65. The van der Waals surface area contributed by atoms with Crippen LogP contribution >= 0.6 is 0 Å². The van der Waals surface area contributed by atoms with Gasteiger partial charge in [0.25, 0.3) is 0 Å². The summed E-state index contributed by atoms with van der Waals surface area (Å²) >= 11 is 0. The molecule has 0 fully saturated rings. The highest BCUT2D eigenvalue weighted by molar-refractivity contribution is 5.62. The Morgan fingerprint density at radius 1 is 1.16 bits per heavy atom. The van der Waals surface area contributed by atoms with Crippen LogP contribution in [0.15, 0.2) is 35.3 Å². The largest absolute Gasteiger partial charge is 0.474 e. The molecule has 0 spiro atoms. The summed E-state index contributed by atoms with van der Waals surface area (Å²) in [6, 6.07) is 10.5. The first-order chi connectivity index (χ1) is 11.9. The van der Waals surface area contributed by atoms with Crippen LogP contribution in [0.5, 0.6) is 5.88 Å². The second-order valence-electron chi connectivity index (χ2n) is 6.70. The number of ether oxygens (including phenoxy) is 1. The monoisotopic (exact) mass is 339 g/mol. The molecule has 2 rings (SSSR count). The van der Waals surface area contributed by atoms with E-state index in [4.69, 9.17) is 4.74 Å². The molecule has 1 aromatic carbocycles. The van der Waals surface area contributed by atoms with Gasteiger partial charge in [-0.1, -0.05) is 29.3 Å². The van der Waals surface area contributed by atoms with Crippen molar-refractivity contribution in [2.45, 2.75) is 47.1 Å². The van der Waals surface area contributed by atoms with Crippen LogP contribution in [0.3, 0.4) is 0 Å². The van der Waals surface area contributed by atoms with Crippen molar-refractivity contribution < 1.29 is 4.74 Å². The fraction of sp³-hybridized carbons (Fsp3) is 0.429. The molecule has 0 radical (unpaired) electrons. The third-order valence-electron chi connectivity index (χ3n) is 4.05. The van der Waals surface area contributed by atoms with E-state index in [2.05, 4.69) is 55.9 Å². The maximum absolute atomic E-state index is 6.01. The number of nitrogens with zero attached hydrogens (tertiary/aromatic N) is 3. The Bertz CT molecular complexity index is 720. The predicted octanol–water partition coefficient (Wildman–Crippen LogP) is 4.63. The van der Waals surface area contributed by atoms with E-state index in [1.807, 2.05) is 37.3 Å². The minimum atomic E-state index is 0.0636. The molecule has 2 aromatic rings. The van der Waals surface area contributed by atoms with Crippen molar-refractivity contribution in [3.05, 3.63) is 52.7 Å². The third-order valence-corrected chi connectivity index (χ3v) is 4.05. The highest BCUT2D eigenvalue weighted by Crippen LogP contribution is 2.21. The van der Waals surface area contributed by atoms with Gasteiger partial charge in [0.2, 0.25) is 5.88 Å². The Hall–Kier alpha value is -2.36. The van der Waals surface area contributed by atoms with Gasteiger partial charge < -0.3 is 9.64 Å². The first-order valence-corrected chi connectivity index (χ1v) is 8.83. The molecule has 0 N–H and O–H groups in total. The van der Waals surface area contributed by atoms with Gasteiger partial charge in [0.15, 0.2) is 0 Å². The molecule has 0 aliphatic heterocycles. The summed E-state index contributed by atoms with van der Waals surface area (Å²) in [7, 11) is 2.00. The summed E-state index contributed by atoms with van der Waals surface area (Å²) in [5.74, 6) is 0.650. The van der Waals surface area contributed by atoms with Gasteiger partial charge >= 0.3 is 0 Å². The van der Waals surface area contributed by atoms with Crippen LogP contribution in [-0.2, 0) is 6.42 Å². The molecule has 1 unspecified atom stereocenters. The van der Waals surface area contributed by atoms with Crippen LogP contribution in [0.1, 0.15) is 36.2 Å². The Morgan fingerprint density at radius 2 is 1.84 bits per heavy atom. The molecule has 0 aliphatic rings. The Balaban J connectivity index is 2.02. The maximum Gasteiger partial charge on any atom is 0.213 e. The highest BCUT2D eigenvalue weighted by Gasteiger charge is 2.09. The predicted molar refractivity (Wildman–Crippen MR) is 105 cm³/mol. The molecular weight excluding hydrogens is 310 g/mol. The summed E-state index contributed by atoms with van der Waals surface area (Å²) < 4.78 is 6.01. The molecule has 4 heteroatoms. The van der Waals surface area contributed by atoms with E-state index < -0.39 is 0 Å². The molecular formula is C21H29N3O. The first kappa shape index (κ1) is 19.0. The Kier molecular flexibility index (Phi) is 6.57. The van der Waals surface area contributed by atoms with E-state index in [1.54, 1.807) is 0 Å². The van der Waals surface area contributed by atoms with Gasteiger partial charge in [-0.25, -0.2) is 9.98 Å². The lowest BCUT2D eigenvalue weighted by atomic mass is 10.0. The Morgan fingerprint density at radius 3 is 2.44 bits per heavy atom. The summed E-state index contributed by atoms with van der Waals surface area (Å²) in [5.41, 5.74) is 5.61. The molecule has 0 aliphatic carbocycles. The highest BCUT2D eigenvalue weighted by atomic mass is 16.5. The summed E-state index contributed by atoms with van der Waals surface area (Å²) in [6.45, 7) is 11.3. The normalized spacial score (nSPS) is 12.4. The van der Waals surface area contributed by atoms with Gasteiger partial charge in [-0.15, -0.1) is 0 Å². The zero-order chi connectivity index (χ0) is 18.4. The van der Waals surface area contributed by atoms with Crippen molar-refractivity contribution in [3.8, 4) is 5.88 Å². The van der Waals surface area contributed by atoms with Crippen molar-refractivity contribution in [2.75, 3.05) is 13.6 Å². The quantitative estimate of drug-likeness (QED) is 0.545. The van der Waals surface area contributed by atoms with Gasteiger partial charge in [-0.2, -0.15) is 0 Å². The molecule has 4 nitrogen and oxygen atoms in total. The van der Waals surface area contributed by atoms with Gasteiger partial charge in [-0.05, 0) is 46.2 Å². The summed E-state index contributed by atoms with van der Waals surface area (Å²) in [6.07, 6.45) is 2.76. The number of aryl methyl sites for hydroxylation is 3. The molecule has 25 heavy (non-hydrogen) atoms. The average Bonchev–Trinajstić information content (AvgIpc) is 2.52. The molecule has 0 saturated heterocycles. The molecule has 134 valence electrons. The number of hydrogen-bond acceptors (Lipinski definition) is 3. The topological polar surface area (TPSA) is 37.7 Å². The number of pyridine rings is 1. The molecule has 1 heterocycles. The van der Waals surface area contributed by atoms with E-state index >= 15 is 0 Å². The van der Waals surface area contributed by atoms with Gasteiger partial charge in [0.1, 0.15) is 6.10 Å². The Labute approximate surface area is 151 Å². The molecule has 0 bridgehead atoms. The lowest BCUT2D eigenvalue weighted by Crippen LogP contribution is -2.16. The fourth-order valence-electron chi connectivity index (χ4n) is 2.74. The number of rotatable bonds is 7. The van der Waals surface area contributed by atoms with Gasteiger partial charge in [-0.3, -0.25) is 0 Å². The van der Waals surface area contributed by atoms with Crippen molar-refractivity contribution in [2.24, 2.45) is 4.99 Å². The van der Waals surface area contributed by atoms with Crippen LogP contribution in [0.4, 0.5) is 5.69 Å². The fourth-order valence-corrected chi connectivity index (χ4v) is 2.74. The maximum atomic E-state index is 6.01. The van der Waals surface area contributed by atoms with Crippen LogP contribution in [0.25, 0.3) is 0 Å². The van der Waals surface area contributed by atoms with Gasteiger partial charge in [0, 0.05) is 26.1 Å². The molecule has 0 amide bonds. The SMILES string of the molecule is CCN(C)C=Nc1ccc(OC(C)Cc2cc(C)cc(C)c2)nc1C. The van der Waals surface area contributed by atoms with Crippen molar-refractivity contribution in [1.29, 1.82) is 0 Å². The summed E-state index contributed by atoms with van der Waals surface area (Å²) in [4.78, 5) is 11.0. The van der Waals surface area contributed by atoms with E-state index in [1.165, 1.54) is 16.7 Å². The standard InChI is InChI=1S/C21H29N3O/c1-7-24(6)14-22-20-8-9-21(23-18(20)5)25-17(4)13-19-11-15(2)10-16(3)12-19/h8-12,14,17H,7,13H2,1-6H3. The van der Waals surface area contributed by atoms with E-state index in [0.29, 0.717) is 5.88 Å². The number of benzene rings is 1. The number of hydrogen-bond donors (Lipinski definition) is 0. The lowest BCUT2D eigenvalue weighted by Gasteiger charge is -2.15. The number of aromatic nitrogens is 1. The van der Waals surface area contributed by atoms with Gasteiger partial charge in [0.05, 0.1) is 17.7 Å². The molecule has 0 saturated carbocycles. The van der Waals surface area contributed by atoms with Crippen LogP contribution in [0, 0.1) is 20.8 Å². The van der Waals surface area contributed by atoms with Crippen LogP contribution < -0.4 is 4.74 Å². The minimum Gasteiger partial charge on any atom is -0.474 e. The smallest absolute Gasteiger partial charge is 0.213 e. The minimum absolute atomic E-state index is 0.0636. The summed E-state index contributed by atoms with van der Waals surface area (Å²) in [5, 5.41) is 0. The van der Waals surface area contributed by atoms with Crippen LogP contribution in [0.2, 0.25) is 0 Å². The molecule has 1 atom stereocenters. The van der Waals surface area contributed by atoms with Crippen LogP contribution in [-0.4, -0.2) is 35.9 Å². The first-order valence-electron chi connectivity index (χ1n) is 8.83. The zero-order valence-electron chi connectivity index (χ0n) is 16.2. The third kappa shape index (κ3) is 5.89.